The molecule has 0 saturated carbocycles. The maximum Gasteiger partial charge on any atom is 0.165 e. The van der Waals surface area contributed by atoms with E-state index < -0.39 is 0 Å². The van der Waals surface area contributed by atoms with Crippen LogP contribution in [0.5, 0.6) is 0 Å². The summed E-state index contributed by atoms with van der Waals surface area (Å²) in [5, 5.41) is 7.25. The predicted molar refractivity (Wildman–Crippen MR) is 240 cm³/mol. The third-order valence-corrected chi connectivity index (χ3v) is 13.5. The highest BCUT2D eigenvalue weighted by atomic mass is 32.1. The molecule has 0 bridgehead atoms. The van der Waals surface area contributed by atoms with Crippen LogP contribution in [-0.4, -0.2) is 15.0 Å². The molecular weight excluding hydrogens is 735 g/mol. The van der Waals surface area contributed by atoms with Gasteiger partial charge in [-0.15, -0.1) is 22.7 Å². The zero-order valence-corrected chi connectivity index (χ0v) is 31.9. The average molecular weight is 764 g/mol. The van der Waals surface area contributed by atoms with Crippen LogP contribution < -0.4 is 0 Å². The summed E-state index contributed by atoms with van der Waals surface area (Å²) in [6.07, 6.45) is 0. The van der Waals surface area contributed by atoms with E-state index in [9.17, 15) is 0 Å². The van der Waals surface area contributed by atoms with Crippen molar-refractivity contribution in [2.75, 3.05) is 0 Å². The fraction of sp³-hybridized carbons (Fsp3) is 0. The molecule has 12 aromatic rings. The number of hydrogen-bond donors (Lipinski definition) is 0. The van der Waals surface area contributed by atoms with E-state index in [0.29, 0.717) is 17.5 Å². The van der Waals surface area contributed by atoms with Crippen LogP contribution in [0.4, 0.5) is 0 Å². The maximum atomic E-state index is 6.35. The van der Waals surface area contributed by atoms with Crippen LogP contribution >= 0.6 is 22.7 Å². The molecule has 6 heteroatoms. The van der Waals surface area contributed by atoms with Gasteiger partial charge in [-0.1, -0.05) is 146 Å². The lowest BCUT2D eigenvalue weighted by molar-refractivity contribution is 0.669. The van der Waals surface area contributed by atoms with Gasteiger partial charge in [0.05, 0.1) is 0 Å². The zero-order valence-electron chi connectivity index (χ0n) is 30.3. The Morgan fingerprint density at radius 1 is 0.333 bits per heavy atom. The molecule has 8 aromatic carbocycles. The number of rotatable bonds is 5. The van der Waals surface area contributed by atoms with E-state index >= 15 is 0 Å². The highest BCUT2D eigenvalue weighted by Gasteiger charge is 2.21. The Hall–Kier alpha value is -6.99. The van der Waals surface area contributed by atoms with Crippen molar-refractivity contribution < 1.29 is 4.42 Å². The van der Waals surface area contributed by atoms with Crippen LogP contribution in [0.1, 0.15) is 0 Å². The Labute approximate surface area is 335 Å². The Morgan fingerprint density at radius 3 is 1.67 bits per heavy atom. The third kappa shape index (κ3) is 5.15. The van der Waals surface area contributed by atoms with Gasteiger partial charge in [0.2, 0.25) is 0 Å². The molecule has 0 aliphatic heterocycles. The first-order valence-corrected chi connectivity index (χ1v) is 20.6. The normalized spacial score (nSPS) is 11.9. The van der Waals surface area contributed by atoms with E-state index in [1.54, 1.807) is 0 Å². The van der Waals surface area contributed by atoms with Crippen LogP contribution in [0.25, 0.3) is 119 Å². The Kier molecular flexibility index (Phi) is 7.24. The van der Waals surface area contributed by atoms with Crippen LogP contribution in [0.3, 0.4) is 0 Å². The first kappa shape index (κ1) is 32.3. The molecule has 0 unspecified atom stereocenters. The molecule has 0 radical (unpaired) electrons. The van der Waals surface area contributed by atoms with Crippen molar-refractivity contribution >= 4 is 85.0 Å². The van der Waals surface area contributed by atoms with Crippen molar-refractivity contribution in [1.82, 2.24) is 15.0 Å². The summed E-state index contributed by atoms with van der Waals surface area (Å²) in [6.45, 7) is 0. The quantitative estimate of drug-likeness (QED) is 0.175. The lowest BCUT2D eigenvalue weighted by Gasteiger charge is -2.11. The first-order chi connectivity index (χ1) is 28.2. The van der Waals surface area contributed by atoms with Crippen LogP contribution in [0.2, 0.25) is 0 Å². The van der Waals surface area contributed by atoms with Crippen LogP contribution in [0.15, 0.2) is 180 Å². The summed E-state index contributed by atoms with van der Waals surface area (Å²) >= 11 is 3.68. The van der Waals surface area contributed by atoms with Gasteiger partial charge in [0.25, 0.3) is 0 Å². The smallest absolute Gasteiger partial charge is 0.165 e. The number of nitrogens with zero attached hydrogens (tertiary/aromatic N) is 3. The van der Waals surface area contributed by atoms with Crippen molar-refractivity contribution in [3.05, 3.63) is 176 Å². The lowest BCUT2D eigenvalue weighted by atomic mass is 9.94. The van der Waals surface area contributed by atoms with Gasteiger partial charge in [0, 0.05) is 73.4 Å². The van der Waals surface area contributed by atoms with E-state index in [1.807, 2.05) is 71.2 Å². The fourth-order valence-electron chi connectivity index (χ4n) is 8.31. The summed E-state index contributed by atoms with van der Waals surface area (Å²) in [5.41, 5.74) is 9.54. The number of para-hydroxylation sites is 1. The van der Waals surface area contributed by atoms with Gasteiger partial charge in [-0.05, 0) is 47.0 Å². The molecule has 4 heterocycles. The van der Waals surface area contributed by atoms with Crippen molar-refractivity contribution in [2.24, 2.45) is 0 Å². The number of furan rings is 1. The second-order valence-electron chi connectivity index (χ2n) is 14.3. The summed E-state index contributed by atoms with van der Waals surface area (Å²) in [7, 11) is 0. The SMILES string of the molecule is c1ccc(-c2nc(-c3ccccc3)nc(-c3cccc4c3sc3c(-c5ccc(-c6ccc7c(c6)oc6ccccc67)c6sc7ccccc7c56)cccc34)n2)cc1. The monoisotopic (exact) mass is 763 g/mol. The van der Waals surface area contributed by atoms with Crippen molar-refractivity contribution in [3.8, 4) is 56.4 Å². The highest BCUT2D eigenvalue weighted by Crippen LogP contribution is 2.49. The van der Waals surface area contributed by atoms with Crippen molar-refractivity contribution in [2.45, 2.75) is 0 Å². The van der Waals surface area contributed by atoms with Crippen molar-refractivity contribution in [1.29, 1.82) is 0 Å². The number of thiophene rings is 2. The number of fused-ring (bicyclic) bond motifs is 9. The molecule has 0 aliphatic carbocycles. The zero-order chi connectivity index (χ0) is 37.5. The molecule has 0 amide bonds. The second-order valence-corrected chi connectivity index (χ2v) is 16.3. The second kappa shape index (κ2) is 12.8. The number of benzene rings is 8. The Bertz CT molecular complexity index is 3470. The minimum atomic E-state index is 0.657. The molecule has 0 atom stereocenters. The van der Waals surface area contributed by atoms with E-state index in [0.717, 1.165) is 48.9 Å². The molecule has 0 saturated heterocycles. The largest absolute Gasteiger partial charge is 0.456 e. The van der Waals surface area contributed by atoms with E-state index in [1.165, 1.54) is 52.3 Å². The highest BCUT2D eigenvalue weighted by molar-refractivity contribution is 7.27. The van der Waals surface area contributed by atoms with Gasteiger partial charge in [-0.3, -0.25) is 0 Å². The van der Waals surface area contributed by atoms with Crippen LogP contribution in [0, 0.1) is 0 Å². The standard InChI is InChI=1S/C51H29N3OS2/c1-3-13-30(14-4-1)49-52-50(31-15-5-2-6-16-31)54-51(53-49)41-22-12-21-39-38-20-11-19-37(46(38)57-47(39)41)36-28-27-33(48-45(36)40-18-8-10-24-44(40)56-48)32-25-26-35-34-17-7-9-23-42(34)55-43(35)29-32/h1-29H. The molecular formula is C51H29N3OS2. The van der Waals surface area contributed by atoms with E-state index in [-0.39, 0.29) is 0 Å². The Balaban J connectivity index is 1.07. The average Bonchev–Trinajstić information content (AvgIpc) is 3.98. The molecule has 57 heavy (non-hydrogen) atoms. The topological polar surface area (TPSA) is 51.8 Å². The molecule has 266 valence electrons. The van der Waals surface area contributed by atoms with Gasteiger partial charge in [0.15, 0.2) is 17.5 Å². The fourth-order valence-corrected chi connectivity index (χ4v) is 10.9. The molecule has 0 N–H and O–H groups in total. The van der Waals surface area contributed by atoms with Crippen molar-refractivity contribution in [3.63, 3.8) is 0 Å². The summed E-state index contributed by atoms with van der Waals surface area (Å²) in [5.74, 6) is 1.98. The van der Waals surface area contributed by atoms with Crippen LogP contribution in [-0.2, 0) is 0 Å². The molecule has 0 aliphatic rings. The number of aromatic nitrogens is 3. The van der Waals surface area contributed by atoms with Gasteiger partial charge >= 0.3 is 0 Å². The predicted octanol–water partition coefficient (Wildman–Crippen LogP) is 14.8. The first-order valence-electron chi connectivity index (χ1n) is 18.9. The van der Waals surface area contributed by atoms with Gasteiger partial charge in [-0.25, -0.2) is 15.0 Å². The maximum absolute atomic E-state index is 6.35. The lowest BCUT2D eigenvalue weighted by Crippen LogP contribution is -2.00. The summed E-state index contributed by atoms with van der Waals surface area (Å²) in [6, 6.07) is 61.9. The van der Waals surface area contributed by atoms with E-state index in [4.69, 9.17) is 19.4 Å². The van der Waals surface area contributed by atoms with Gasteiger partial charge in [-0.2, -0.15) is 0 Å². The summed E-state index contributed by atoms with van der Waals surface area (Å²) < 4.78 is 11.3. The van der Waals surface area contributed by atoms with E-state index in [2.05, 4.69) is 127 Å². The minimum absolute atomic E-state index is 0.657. The third-order valence-electron chi connectivity index (χ3n) is 11.0. The molecule has 12 rings (SSSR count). The summed E-state index contributed by atoms with van der Waals surface area (Å²) in [4.78, 5) is 15.2. The molecule has 4 nitrogen and oxygen atoms in total. The molecule has 4 aromatic heterocycles. The Morgan fingerprint density at radius 2 is 0.912 bits per heavy atom. The molecule has 0 spiro atoms. The molecule has 0 fully saturated rings. The van der Waals surface area contributed by atoms with Gasteiger partial charge in [0.1, 0.15) is 11.2 Å². The van der Waals surface area contributed by atoms with Gasteiger partial charge < -0.3 is 4.42 Å². The number of hydrogen-bond acceptors (Lipinski definition) is 6. The minimum Gasteiger partial charge on any atom is -0.456 e.